The molecule has 2 aromatic carbocycles. The number of fused-ring (bicyclic) bond motifs is 1. The molecule has 9 heteroatoms. The smallest absolute Gasteiger partial charge is 0.347 e. The number of carbonyl (C=O) groups is 1. The molecule has 0 N–H and O–H groups in total. The molecule has 0 aliphatic carbocycles. The van der Waals surface area contributed by atoms with Gasteiger partial charge in [-0.3, -0.25) is 4.79 Å². The summed E-state index contributed by atoms with van der Waals surface area (Å²) in [5.41, 5.74) is 0.960. The summed E-state index contributed by atoms with van der Waals surface area (Å²) < 4.78 is 13.8. The van der Waals surface area contributed by atoms with Crippen molar-refractivity contribution >= 4 is 54.9 Å². The predicted octanol–water partition coefficient (Wildman–Crippen LogP) is 5.65. The van der Waals surface area contributed by atoms with E-state index in [-0.39, 0.29) is 18.1 Å². The largest absolute Gasteiger partial charge is 0.478 e. The Balaban J connectivity index is 2.08. The second-order valence-electron chi connectivity index (χ2n) is 7.50. The van der Waals surface area contributed by atoms with Gasteiger partial charge < -0.3 is 9.47 Å². The number of nitrogens with zero attached hydrogens (tertiary/aromatic N) is 3. The molecule has 0 bridgehead atoms. The second-order valence-corrected chi connectivity index (χ2v) is 9.33. The van der Waals surface area contributed by atoms with E-state index in [4.69, 9.17) is 14.5 Å². The summed E-state index contributed by atoms with van der Waals surface area (Å²) in [6, 6.07) is 10.8. The van der Waals surface area contributed by atoms with Crippen molar-refractivity contribution in [3.05, 3.63) is 67.1 Å². The molecule has 0 aliphatic rings. The average Bonchev–Trinajstić information content (AvgIpc) is 2.79. The minimum Gasteiger partial charge on any atom is -0.478 e. The third kappa shape index (κ3) is 5.89. The van der Waals surface area contributed by atoms with Crippen LogP contribution >= 0.6 is 31.9 Å². The molecule has 7 nitrogen and oxygen atoms in total. The van der Waals surface area contributed by atoms with Crippen LogP contribution < -0.4 is 10.3 Å². The predicted molar refractivity (Wildman–Crippen MR) is 136 cm³/mol. The van der Waals surface area contributed by atoms with Crippen molar-refractivity contribution in [2.24, 2.45) is 5.10 Å². The molecule has 0 aliphatic heterocycles. The van der Waals surface area contributed by atoms with Gasteiger partial charge in [0.05, 0.1) is 23.7 Å². The third-order valence-electron chi connectivity index (χ3n) is 5.09. The highest BCUT2D eigenvalue weighted by molar-refractivity contribution is 9.10. The second kappa shape index (κ2) is 11.1. The fraction of sp³-hybridized carbons (Fsp3) is 0.333. The van der Waals surface area contributed by atoms with Crippen molar-refractivity contribution < 1.29 is 14.3 Å². The first kappa shape index (κ1) is 25.1. The van der Waals surface area contributed by atoms with Crippen molar-refractivity contribution in [1.82, 2.24) is 9.66 Å². The Morgan fingerprint density at radius 3 is 2.55 bits per heavy atom. The lowest BCUT2D eigenvalue weighted by Gasteiger charge is -2.16. The van der Waals surface area contributed by atoms with Crippen LogP contribution in [0.25, 0.3) is 10.9 Å². The van der Waals surface area contributed by atoms with E-state index in [1.807, 2.05) is 26.0 Å². The summed E-state index contributed by atoms with van der Waals surface area (Å²) in [6.45, 7) is 7.68. The molecule has 0 saturated carbocycles. The summed E-state index contributed by atoms with van der Waals surface area (Å²) in [7, 11) is 0. The number of ether oxygens (including phenoxy) is 2. The molecule has 0 amide bonds. The van der Waals surface area contributed by atoms with Crippen molar-refractivity contribution in [3.8, 4) is 5.75 Å². The van der Waals surface area contributed by atoms with Crippen LogP contribution in [0.15, 0.2) is 55.2 Å². The Kier molecular flexibility index (Phi) is 8.42. The number of hydrogen-bond acceptors (Lipinski definition) is 6. The van der Waals surface area contributed by atoms with E-state index in [9.17, 15) is 9.59 Å². The number of esters is 1. The number of rotatable bonds is 8. The minimum atomic E-state index is -0.795. The van der Waals surface area contributed by atoms with Gasteiger partial charge in [-0.05, 0) is 56.7 Å². The van der Waals surface area contributed by atoms with Crippen LogP contribution in [0.5, 0.6) is 5.75 Å². The van der Waals surface area contributed by atoms with Crippen molar-refractivity contribution in [2.75, 3.05) is 6.61 Å². The standard InChI is InChI=1S/C24H25Br2N3O4/c1-5-14(3)22-28-20-9-7-18(26)12-19(20)23(30)29(22)27-13-16-11-17(25)8-10-21(16)33-15(4)24(31)32-6-2/h7-15H,5-6H2,1-4H3/t14-,15+/m1/s1. The Morgan fingerprint density at radius 2 is 1.85 bits per heavy atom. The van der Waals surface area contributed by atoms with E-state index in [1.165, 1.54) is 10.9 Å². The summed E-state index contributed by atoms with van der Waals surface area (Å²) >= 11 is 6.87. The molecule has 174 valence electrons. The first-order valence-electron chi connectivity index (χ1n) is 10.6. The van der Waals surface area contributed by atoms with Gasteiger partial charge in [0.2, 0.25) is 0 Å². The lowest BCUT2D eigenvalue weighted by atomic mass is 10.1. The molecule has 0 saturated heterocycles. The van der Waals surface area contributed by atoms with Gasteiger partial charge in [-0.25, -0.2) is 9.78 Å². The van der Waals surface area contributed by atoms with Gasteiger partial charge in [0.25, 0.3) is 5.56 Å². The van der Waals surface area contributed by atoms with Gasteiger partial charge in [-0.1, -0.05) is 45.7 Å². The van der Waals surface area contributed by atoms with Crippen LogP contribution in [0.1, 0.15) is 51.4 Å². The SMILES string of the molecule is CCOC(=O)[C@H](C)Oc1ccc(Br)cc1C=Nn1c([C@H](C)CC)nc2ccc(Br)cc2c1=O. The van der Waals surface area contributed by atoms with Crippen molar-refractivity contribution in [3.63, 3.8) is 0 Å². The van der Waals surface area contributed by atoms with Gasteiger partial charge in [0, 0.05) is 20.4 Å². The lowest BCUT2D eigenvalue weighted by molar-refractivity contribution is -0.150. The van der Waals surface area contributed by atoms with E-state index >= 15 is 0 Å². The summed E-state index contributed by atoms with van der Waals surface area (Å²) in [5, 5.41) is 4.97. The highest BCUT2D eigenvalue weighted by Crippen LogP contribution is 2.24. The minimum absolute atomic E-state index is 0.0185. The highest BCUT2D eigenvalue weighted by Gasteiger charge is 2.18. The van der Waals surface area contributed by atoms with E-state index in [0.717, 1.165) is 15.4 Å². The Bertz CT molecular complexity index is 1260. The van der Waals surface area contributed by atoms with Crippen LogP contribution in [0.4, 0.5) is 0 Å². The van der Waals surface area contributed by atoms with E-state index in [0.29, 0.717) is 28.0 Å². The number of hydrogen-bond donors (Lipinski definition) is 0. The van der Waals surface area contributed by atoms with E-state index < -0.39 is 12.1 Å². The summed E-state index contributed by atoms with van der Waals surface area (Å²) in [4.78, 5) is 30.0. The highest BCUT2D eigenvalue weighted by atomic mass is 79.9. The number of carbonyl (C=O) groups excluding carboxylic acids is 1. The van der Waals surface area contributed by atoms with Crippen molar-refractivity contribution in [1.29, 1.82) is 0 Å². The third-order valence-corrected chi connectivity index (χ3v) is 6.08. The number of halogens is 2. The number of aromatic nitrogens is 2. The molecular formula is C24H25Br2N3O4. The molecule has 0 fully saturated rings. The van der Waals surface area contributed by atoms with Crippen molar-refractivity contribution in [2.45, 2.75) is 46.1 Å². The maximum Gasteiger partial charge on any atom is 0.347 e. The zero-order chi connectivity index (χ0) is 24.1. The fourth-order valence-corrected chi connectivity index (χ4v) is 3.86. The summed E-state index contributed by atoms with van der Waals surface area (Å²) in [5.74, 6) is 0.580. The Hall–Kier alpha value is -2.52. The first-order chi connectivity index (χ1) is 15.7. The Morgan fingerprint density at radius 1 is 1.15 bits per heavy atom. The first-order valence-corrected chi connectivity index (χ1v) is 12.2. The van der Waals surface area contributed by atoms with E-state index in [2.05, 4.69) is 37.0 Å². The zero-order valence-electron chi connectivity index (χ0n) is 18.8. The topological polar surface area (TPSA) is 82.8 Å². The van der Waals surface area contributed by atoms with Gasteiger partial charge in [0.1, 0.15) is 11.6 Å². The molecule has 1 aromatic heterocycles. The van der Waals surface area contributed by atoms with Gasteiger partial charge in [0.15, 0.2) is 6.10 Å². The maximum atomic E-state index is 13.3. The molecule has 2 atom stereocenters. The molecule has 1 heterocycles. The molecule has 0 unspecified atom stereocenters. The number of benzene rings is 2. The Labute approximate surface area is 209 Å². The lowest BCUT2D eigenvalue weighted by Crippen LogP contribution is -2.26. The van der Waals surface area contributed by atoms with Crippen LogP contribution in [-0.2, 0) is 9.53 Å². The van der Waals surface area contributed by atoms with Crippen LogP contribution in [0.2, 0.25) is 0 Å². The molecule has 0 spiro atoms. The molecule has 3 aromatic rings. The fourth-order valence-electron chi connectivity index (χ4n) is 3.12. The molecule has 3 rings (SSSR count). The van der Waals surface area contributed by atoms with Crippen LogP contribution in [-0.4, -0.2) is 34.6 Å². The summed E-state index contributed by atoms with van der Waals surface area (Å²) in [6.07, 6.45) is 1.54. The van der Waals surface area contributed by atoms with Crippen LogP contribution in [0, 0.1) is 0 Å². The monoisotopic (exact) mass is 577 g/mol. The zero-order valence-corrected chi connectivity index (χ0v) is 22.0. The maximum absolute atomic E-state index is 13.3. The van der Waals surface area contributed by atoms with Gasteiger partial charge >= 0.3 is 5.97 Å². The molecule has 33 heavy (non-hydrogen) atoms. The normalized spacial score (nSPS) is 13.3. The quantitative estimate of drug-likeness (QED) is 0.255. The molecule has 0 radical (unpaired) electrons. The van der Waals surface area contributed by atoms with Crippen LogP contribution in [0.3, 0.4) is 0 Å². The van der Waals surface area contributed by atoms with Gasteiger partial charge in [-0.2, -0.15) is 9.78 Å². The van der Waals surface area contributed by atoms with E-state index in [1.54, 1.807) is 38.1 Å². The molecular weight excluding hydrogens is 554 g/mol. The average molecular weight is 579 g/mol. The van der Waals surface area contributed by atoms with Gasteiger partial charge in [-0.15, -0.1) is 0 Å².